The number of pyridine rings is 1. The Labute approximate surface area is 222 Å². The summed E-state index contributed by atoms with van der Waals surface area (Å²) in [5.41, 5.74) is 4.33. The predicted molar refractivity (Wildman–Crippen MR) is 145 cm³/mol. The Bertz CT molecular complexity index is 1560. The highest BCUT2D eigenvalue weighted by molar-refractivity contribution is 7.18. The zero-order valence-corrected chi connectivity index (χ0v) is 21.3. The highest BCUT2D eigenvalue weighted by Crippen LogP contribution is 2.47. The van der Waals surface area contributed by atoms with Gasteiger partial charge in [-0.1, -0.05) is 37.1 Å². The Hall–Kier alpha value is -3.55. The number of nitrogens with zero attached hydrogens (tertiary/aromatic N) is 2. The second-order valence-corrected chi connectivity index (χ2v) is 10.7. The van der Waals surface area contributed by atoms with Crippen molar-refractivity contribution >= 4 is 21.6 Å². The number of rotatable bonds is 6. The zero-order chi connectivity index (χ0) is 26.2. The van der Waals surface area contributed by atoms with Gasteiger partial charge in [0.25, 0.3) is 0 Å². The summed E-state index contributed by atoms with van der Waals surface area (Å²) in [5, 5.41) is 11.0. The van der Waals surface area contributed by atoms with Crippen molar-refractivity contribution in [1.82, 2.24) is 9.97 Å². The van der Waals surface area contributed by atoms with Crippen LogP contribution < -0.4 is 0 Å². The highest BCUT2D eigenvalue weighted by atomic mass is 32.1. The van der Waals surface area contributed by atoms with Crippen LogP contribution in [0.15, 0.2) is 72.8 Å². The van der Waals surface area contributed by atoms with E-state index in [1.54, 1.807) is 24.3 Å². The van der Waals surface area contributed by atoms with Crippen LogP contribution in [0, 0.1) is 11.6 Å². The van der Waals surface area contributed by atoms with Gasteiger partial charge in [-0.05, 0) is 72.5 Å². The topological polar surface area (TPSA) is 46.0 Å². The van der Waals surface area contributed by atoms with E-state index >= 15 is 4.39 Å². The molecule has 2 aromatic heterocycles. The number of aliphatic hydroxyl groups excluding tert-OH is 1. The lowest BCUT2D eigenvalue weighted by molar-refractivity contribution is 0.282. The molecule has 0 amide bonds. The summed E-state index contributed by atoms with van der Waals surface area (Å²) in [6.45, 7) is -0.420. The third-order valence-corrected chi connectivity index (χ3v) is 8.37. The highest BCUT2D eigenvalue weighted by Gasteiger charge is 2.33. The Morgan fingerprint density at radius 3 is 2.11 bits per heavy atom. The molecule has 1 aliphatic carbocycles. The van der Waals surface area contributed by atoms with E-state index in [-0.39, 0.29) is 11.7 Å². The second kappa shape index (κ2) is 10.3. The summed E-state index contributed by atoms with van der Waals surface area (Å²) >= 11 is 1.30. The summed E-state index contributed by atoms with van der Waals surface area (Å²) in [4.78, 5) is 9.61. The summed E-state index contributed by atoms with van der Waals surface area (Å²) in [6.07, 6.45) is 2.18. The molecule has 0 spiro atoms. The van der Waals surface area contributed by atoms with Crippen molar-refractivity contribution in [2.75, 3.05) is 0 Å². The van der Waals surface area contributed by atoms with Gasteiger partial charge in [0.1, 0.15) is 16.6 Å². The maximum atomic E-state index is 16.9. The van der Waals surface area contributed by atoms with Gasteiger partial charge in [0.05, 0.1) is 28.2 Å². The number of aromatic nitrogens is 2. The van der Waals surface area contributed by atoms with Crippen LogP contribution in [0.25, 0.3) is 32.6 Å². The van der Waals surface area contributed by atoms with Crippen molar-refractivity contribution < 1.29 is 18.3 Å². The number of alkyl halides is 1. The van der Waals surface area contributed by atoms with Gasteiger partial charge in [-0.15, -0.1) is 11.3 Å². The largest absolute Gasteiger partial charge is 0.392 e. The molecule has 2 heterocycles. The van der Waals surface area contributed by atoms with Crippen LogP contribution in [0.5, 0.6) is 0 Å². The Morgan fingerprint density at radius 2 is 1.47 bits per heavy atom. The molecule has 6 rings (SSSR count). The van der Waals surface area contributed by atoms with E-state index in [0.717, 1.165) is 35.9 Å². The molecule has 3 aromatic carbocycles. The minimum Gasteiger partial charge on any atom is -0.392 e. The fraction of sp³-hybridized carbons (Fsp3) is 0.226. The molecule has 1 atom stereocenters. The Balaban J connectivity index is 1.67. The molecule has 0 radical (unpaired) electrons. The number of fused-ring (bicyclic) bond motifs is 1. The monoisotopic (exact) mass is 530 g/mol. The molecule has 1 unspecified atom stereocenters. The van der Waals surface area contributed by atoms with E-state index in [1.807, 2.05) is 24.3 Å². The van der Waals surface area contributed by atoms with Gasteiger partial charge in [-0.3, -0.25) is 4.98 Å². The maximum absolute atomic E-state index is 16.9. The Morgan fingerprint density at radius 1 is 0.842 bits per heavy atom. The van der Waals surface area contributed by atoms with Crippen molar-refractivity contribution in [2.24, 2.45) is 0 Å². The number of thiazole rings is 1. The van der Waals surface area contributed by atoms with Crippen LogP contribution in [0.3, 0.4) is 0 Å². The first kappa shape index (κ1) is 24.8. The maximum Gasteiger partial charge on any atom is 0.179 e. The van der Waals surface area contributed by atoms with Crippen LogP contribution in [-0.2, 0) is 6.61 Å². The van der Waals surface area contributed by atoms with Gasteiger partial charge < -0.3 is 5.11 Å². The lowest BCUT2D eigenvalue weighted by Gasteiger charge is -2.25. The average Bonchev–Trinajstić information content (AvgIpc) is 3.63. The molecule has 0 aliphatic heterocycles. The van der Waals surface area contributed by atoms with E-state index in [4.69, 9.17) is 4.98 Å². The quantitative estimate of drug-likeness (QED) is 0.239. The molecule has 38 heavy (non-hydrogen) atoms. The van der Waals surface area contributed by atoms with Gasteiger partial charge in [0.2, 0.25) is 0 Å². The third kappa shape index (κ3) is 4.50. The van der Waals surface area contributed by atoms with E-state index in [9.17, 15) is 13.9 Å². The van der Waals surface area contributed by atoms with Crippen LogP contribution in [0.4, 0.5) is 13.2 Å². The molecule has 1 N–H and O–H groups in total. The smallest absolute Gasteiger partial charge is 0.179 e. The number of benzene rings is 3. The molecule has 0 bridgehead atoms. The minimum atomic E-state index is -1.59. The first-order valence-corrected chi connectivity index (χ1v) is 13.5. The molecular weight excluding hydrogens is 505 g/mol. The Kier molecular flexibility index (Phi) is 6.72. The van der Waals surface area contributed by atoms with E-state index in [2.05, 4.69) is 4.98 Å². The SMILES string of the molecule is OCc1c(-c2ccc(F)cc2)nc(C2CCCC2)c(C(F)c2nc3ccccc3s2)c1-c1ccc(F)cc1. The number of halogens is 3. The van der Waals surface area contributed by atoms with Crippen LogP contribution in [0.2, 0.25) is 0 Å². The van der Waals surface area contributed by atoms with Gasteiger partial charge in [-0.2, -0.15) is 0 Å². The molecule has 0 saturated heterocycles. The van der Waals surface area contributed by atoms with Gasteiger partial charge in [0, 0.05) is 22.6 Å². The fourth-order valence-corrected chi connectivity index (χ4v) is 6.45. The predicted octanol–water partition coefficient (Wildman–Crippen LogP) is 8.51. The van der Waals surface area contributed by atoms with Crippen LogP contribution >= 0.6 is 11.3 Å². The van der Waals surface area contributed by atoms with Gasteiger partial charge >= 0.3 is 0 Å². The molecule has 7 heteroatoms. The lowest BCUT2D eigenvalue weighted by atomic mass is 9.85. The van der Waals surface area contributed by atoms with Crippen molar-refractivity contribution in [1.29, 1.82) is 0 Å². The molecule has 5 aromatic rings. The van der Waals surface area contributed by atoms with E-state index in [0.29, 0.717) is 44.2 Å². The van der Waals surface area contributed by atoms with E-state index < -0.39 is 18.6 Å². The molecular formula is C31H25F3N2OS. The average molecular weight is 531 g/mol. The molecule has 192 valence electrons. The van der Waals surface area contributed by atoms with Crippen molar-refractivity contribution in [2.45, 2.75) is 44.4 Å². The normalized spacial score (nSPS) is 14.8. The molecule has 1 aliphatic rings. The third-order valence-electron chi connectivity index (χ3n) is 7.30. The second-order valence-electron chi connectivity index (χ2n) is 9.65. The summed E-state index contributed by atoms with van der Waals surface area (Å²) < 4.78 is 45.5. The fourth-order valence-electron chi connectivity index (χ4n) is 5.49. The minimum absolute atomic E-state index is 0.0313. The number of hydrogen-bond acceptors (Lipinski definition) is 4. The van der Waals surface area contributed by atoms with Crippen LogP contribution in [0.1, 0.15) is 59.6 Å². The van der Waals surface area contributed by atoms with Crippen molar-refractivity contribution in [3.63, 3.8) is 0 Å². The first-order chi connectivity index (χ1) is 18.5. The van der Waals surface area contributed by atoms with Crippen molar-refractivity contribution in [3.8, 4) is 22.4 Å². The standard InChI is InChI=1S/C31H25F3N2OS/c32-21-13-9-18(10-14-21)26-23(17-37)29(20-11-15-22(33)16-12-20)36-30(19-5-1-2-6-19)27(26)28(34)31-35-24-7-3-4-8-25(24)38-31/h3-4,7-16,19,28,37H,1-2,5-6,17H2. The molecule has 3 nitrogen and oxygen atoms in total. The van der Waals surface area contributed by atoms with Crippen LogP contribution in [-0.4, -0.2) is 15.1 Å². The van der Waals surface area contributed by atoms with E-state index in [1.165, 1.54) is 35.6 Å². The molecule has 1 saturated carbocycles. The zero-order valence-electron chi connectivity index (χ0n) is 20.5. The summed E-state index contributed by atoms with van der Waals surface area (Å²) in [7, 11) is 0. The summed E-state index contributed by atoms with van der Waals surface area (Å²) in [6, 6.07) is 19.3. The first-order valence-electron chi connectivity index (χ1n) is 12.7. The van der Waals surface area contributed by atoms with Gasteiger partial charge in [0.15, 0.2) is 6.17 Å². The van der Waals surface area contributed by atoms with Crippen molar-refractivity contribution in [3.05, 3.63) is 106 Å². The number of aliphatic hydroxyl groups is 1. The van der Waals surface area contributed by atoms with Gasteiger partial charge in [-0.25, -0.2) is 18.2 Å². The lowest BCUT2D eigenvalue weighted by Crippen LogP contribution is -2.13. The summed E-state index contributed by atoms with van der Waals surface area (Å²) in [5.74, 6) is -0.762. The number of para-hydroxylation sites is 1. The number of hydrogen-bond donors (Lipinski definition) is 1. The molecule has 1 fully saturated rings.